The normalized spacial score (nSPS) is 11.9. The minimum Gasteiger partial charge on any atom is -0.394 e. The maximum absolute atomic E-state index is 11.6. The van der Waals surface area contributed by atoms with Crippen molar-refractivity contribution in [1.29, 1.82) is 0 Å². The number of aliphatic hydroxyl groups excluding tert-OH is 1. The number of rotatable bonds is 7. The summed E-state index contributed by atoms with van der Waals surface area (Å²) in [5, 5.41) is 14.8. The summed E-state index contributed by atoms with van der Waals surface area (Å²) < 4.78 is 0. The van der Waals surface area contributed by atoms with Crippen LogP contribution in [0.25, 0.3) is 0 Å². The Kier molecular flexibility index (Phi) is 7.29. The topological polar surface area (TPSA) is 61.4 Å². The summed E-state index contributed by atoms with van der Waals surface area (Å²) in [6, 6.07) is 8.85. The molecule has 0 aromatic heterocycles. The van der Waals surface area contributed by atoms with Crippen molar-refractivity contribution in [2.45, 2.75) is 12.5 Å². The SMILES string of the molecule is CSCCCNC(=O)NC(CO)c1ccccc1. The zero-order valence-electron chi connectivity index (χ0n) is 10.6. The van der Waals surface area contributed by atoms with Crippen LogP contribution in [-0.2, 0) is 0 Å². The molecule has 0 spiro atoms. The number of hydrogen-bond acceptors (Lipinski definition) is 3. The van der Waals surface area contributed by atoms with Gasteiger partial charge in [-0.3, -0.25) is 0 Å². The second kappa shape index (κ2) is 8.83. The van der Waals surface area contributed by atoms with Gasteiger partial charge in [-0.25, -0.2) is 4.79 Å². The van der Waals surface area contributed by atoms with Gasteiger partial charge in [0.05, 0.1) is 12.6 Å². The average molecular weight is 268 g/mol. The van der Waals surface area contributed by atoms with E-state index >= 15 is 0 Å². The van der Waals surface area contributed by atoms with Gasteiger partial charge in [0.2, 0.25) is 0 Å². The largest absolute Gasteiger partial charge is 0.394 e. The van der Waals surface area contributed by atoms with Gasteiger partial charge >= 0.3 is 6.03 Å². The molecule has 0 fully saturated rings. The second-order valence-electron chi connectivity index (χ2n) is 3.89. The molecule has 0 radical (unpaired) electrons. The van der Waals surface area contributed by atoms with Gasteiger partial charge in [-0.05, 0) is 24.0 Å². The molecule has 18 heavy (non-hydrogen) atoms. The number of carbonyl (C=O) groups excluding carboxylic acids is 1. The van der Waals surface area contributed by atoms with Crippen LogP contribution in [-0.4, -0.2) is 36.3 Å². The summed E-state index contributed by atoms with van der Waals surface area (Å²) >= 11 is 1.76. The highest BCUT2D eigenvalue weighted by Crippen LogP contribution is 2.10. The van der Waals surface area contributed by atoms with Gasteiger partial charge < -0.3 is 15.7 Å². The molecule has 0 aliphatic rings. The van der Waals surface area contributed by atoms with E-state index in [0.29, 0.717) is 6.54 Å². The van der Waals surface area contributed by atoms with Crippen molar-refractivity contribution in [1.82, 2.24) is 10.6 Å². The van der Waals surface area contributed by atoms with Gasteiger partial charge in [0, 0.05) is 6.54 Å². The van der Waals surface area contributed by atoms with Crippen molar-refractivity contribution in [2.75, 3.05) is 25.2 Å². The summed E-state index contributed by atoms with van der Waals surface area (Å²) in [6.07, 6.45) is 2.99. The first kappa shape index (κ1) is 14.9. The Morgan fingerprint density at radius 3 is 2.72 bits per heavy atom. The third-order valence-electron chi connectivity index (χ3n) is 2.50. The van der Waals surface area contributed by atoms with Crippen LogP contribution in [0, 0.1) is 0 Å². The van der Waals surface area contributed by atoms with Crippen molar-refractivity contribution in [3.63, 3.8) is 0 Å². The molecule has 1 aromatic rings. The average Bonchev–Trinajstić information content (AvgIpc) is 2.42. The highest BCUT2D eigenvalue weighted by molar-refractivity contribution is 7.98. The van der Waals surface area contributed by atoms with E-state index in [0.717, 1.165) is 17.7 Å². The van der Waals surface area contributed by atoms with Crippen molar-refractivity contribution < 1.29 is 9.90 Å². The Morgan fingerprint density at radius 2 is 2.11 bits per heavy atom. The Balaban J connectivity index is 2.37. The fourth-order valence-electron chi connectivity index (χ4n) is 1.55. The summed E-state index contributed by atoms with van der Waals surface area (Å²) in [7, 11) is 0. The molecule has 1 rings (SSSR count). The smallest absolute Gasteiger partial charge is 0.315 e. The summed E-state index contributed by atoms with van der Waals surface area (Å²) in [4.78, 5) is 11.6. The van der Waals surface area contributed by atoms with Crippen LogP contribution in [0.4, 0.5) is 4.79 Å². The minimum atomic E-state index is -0.355. The van der Waals surface area contributed by atoms with Gasteiger partial charge in [-0.2, -0.15) is 11.8 Å². The van der Waals surface area contributed by atoms with E-state index in [9.17, 15) is 9.90 Å². The van der Waals surface area contributed by atoms with Gasteiger partial charge in [0.1, 0.15) is 0 Å². The second-order valence-corrected chi connectivity index (χ2v) is 4.88. The highest BCUT2D eigenvalue weighted by atomic mass is 32.2. The quantitative estimate of drug-likeness (QED) is 0.661. The van der Waals surface area contributed by atoms with Crippen LogP contribution in [0.3, 0.4) is 0 Å². The van der Waals surface area contributed by atoms with Gasteiger partial charge in [-0.1, -0.05) is 30.3 Å². The molecule has 0 saturated carbocycles. The maximum atomic E-state index is 11.6. The van der Waals surface area contributed by atoms with E-state index < -0.39 is 0 Å². The Morgan fingerprint density at radius 1 is 1.39 bits per heavy atom. The lowest BCUT2D eigenvalue weighted by Crippen LogP contribution is -2.39. The minimum absolute atomic E-state index is 0.109. The molecule has 0 bridgehead atoms. The molecule has 0 saturated heterocycles. The van der Waals surface area contributed by atoms with E-state index in [-0.39, 0.29) is 18.7 Å². The molecule has 1 aromatic carbocycles. The van der Waals surface area contributed by atoms with Crippen molar-refractivity contribution >= 4 is 17.8 Å². The van der Waals surface area contributed by atoms with E-state index in [1.54, 1.807) is 11.8 Å². The lowest BCUT2D eigenvalue weighted by Gasteiger charge is -2.17. The van der Waals surface area contributed by atoms with Gasteiger partial charge in [-0.15, -0.1) is 0 Å². The van der Waals surface area contributed by atoms with Crippen LogP contribution in [0.5, 0.6) is 0 Å². The number of thioether (sulfide) groups is 1. The predicted octanol–water partition coefficient (Wildman–Crippen LogP) is 1.77. The van der Waals surface area contributed by atoms with Crippen LogP contribution in [0.1, 0.15) is 18.0 Å². The molecule has 4 nitrogen and oxygen atoms in total. The number of carbonyl (C=O) groups is 1. The van der Waals surface area contributed by atoms with Crippen molar-refractivity contribution in [2.24, 2.45) is 0 Å². The van der Waals surface area contributed by atoms with Crippen molar-refractivity contribution in [3.8, 4) is 0 Å². The predicted molar refractivity (Wildman–Crippen MR) is 75.8 cm³/mol. The van der Waals surface area contributed by atoms with Crippen molar-refractivity contribution in [3.05, 3.63) is 35.9 Å². The first-order chi connectivity index (χ1) is 8.77. The summed E-state index contributed by atoms with van der Waals surface area (Å²) in [5.74, 6) is 1.03. The molecule has 0 heterocycles. The fourth-order valence-corrected chi connectivity index (χ4v) is 1.98. The van der Waals surface area contributed by atoms with Gasteiger partial charge in [0.15, 0.2) is 0 Å². The standard InChI is InChI=1S/C13H20N2O2S/c1-18-9-5-8-14-13(17)15-12(10-16)11-6-3-2-4-7-11/h2-4,6-7,12,16H,5,8-10H2,1H3,(H2,14,15,17). The zero-order chi connectivity index (χ0) is 13.2. The number of urea groups is 1. The molecule has 5 heteroatoms. The van der Waals surface area contributed by atoms with E-state index in [1.807, 2.05) is 36.6 Å². The molecular formula is C13H20N2O2S. The number of nitrogens with one attached hydrogen (secondary N) is 2. The van der Waals surface area contributed by atoms with Crippen LogP contribution in [0.15, 0.2) is 30.3 Å². The Labute approximate surface area is 112 Å². The number of benzene rings is 1. The maximum Gasteiger partial charge on any atom is 0.315 e. The Hall–Kier alpha value is -1.20. The van der Waals surface area contributed by atoms with Gasteiger partial charge in [0.25, 0.3) is 0 Å². The first-order valence-corrected chi connectivity index (χ1v) is 7.36. The number of amides is 2. The lowest BCUT2D eigenvalue weighted by atomic mass is 10.1. The summed E-state index contributed by atoms with van der Waals surface area (Å²) in [5.41, 5.74) is 0.902. The molecule has 0 aliphatic heterocycles. The van der Waals surface area contributed by atoms with E-state index in [4.69, 9.17) is 0 Å². The Bertz CT molecular complexity index is 346. The third-order valence-corrected chi connectivity index (χ3v) is 3.20. The van der Waals surface area contributed by atoms with E-state index in [1.165, 1.54) is 0 Å². The van der Waals surface area contributed by atoms with E-state index in [2.05, 4.69) is 10.6 Å². The number of aliphatic hydroxyl groups is 1. The lowest BCUT2D eigenvalue weighted by molar-refractivity contribution is 0.217. The molecule has 0 aliphatic carbocycles. The molecule has 1 unspecified atom stereocenters. The number of hydrogen-bond donors (Lipinski definition) is 3. The molecule has 100 valence electrons. The molecular weight excluding hydrogens is 248 g/mol. The third kappa shape index (κ3) is 5.42. The van der Waals surface area contributed by atoms with Crippen LogP contribution in [0.2, 0.25) is 0 Å². The van der Waals surface area contributed by atoms with Crippen LogP contribution >= 0.6 is 11.8 Å². The molecule has 3 N–H and O–H groups in total. The first-order valence-electron chi connectivity index (χ1n) is 5.97. The highest BCUT2D eigenvalue weighted by Gasteiger charge is 2.12. The summed E-state index contributed by atoms with van der Waals surface area (Å²) in [6.45, 7) is 0.544. The zero-order valence-corrected chi connectivity index (χ0v) is 11.4. The molecule has 2 amide bonds. The monoisotopic (exact) mass is 268 g/mol. The van der Waals surface area contributed by atoms with Crippen LogP contribution < -0.4 is 10.6 Å². The fraction of sp³-hybridized carbons (Fsp3) is 0.462. The molecule has 1 atom stereocenters.